The highest BCUT2D eigenvalue weighted by atomic mass is 35.5. The van der Waals surface area contributed by atoms with Crippen molar-refractivity contribution in [1.29, 1.82) is 0 Å². The molecule has 1 aromatic rings. The maximum absolute atomic E-state index is 12.0. The molecule has 0 bridgehead atoms. The molecule has 0 aromatic heterocycles. The van der Waals surface area contributed by atoms with Crippen molar-refractivity contribution in [3.05, 3.63) is 28.8 Å². The van der Waals surface area contributed by atoms with Crippen molar-refractivity contribution in [2.45, 2.75) is 26.4 Å². The van der Waals surface area contributed by atoms with Crippen molar-refractivity contribution in [2.24, 2.45) is 0 Å². The number of halogens is 1. The molecule has 0 atom stereocenters. The predicted molar refractivity (Wildman–Crippen MR) is 86.9 cm³/mol. The molecule has 0 N–H and O–H groups in total. The Hall–Kier alpha value is -1.75. The molecule has 22 heavy (non-hydrogen) atoms. The van der Waals surface area contributed by atoms with E-state index in [9.17, 15) is 9.59 Å². The van der Waals surface area contributed by atoms with E-state index in [4.69, 9.17) is 16.3 Å². The van der Waals surface area contributed by atoms with Crippen LogP contribution in [0.4, 0.5) is 10.5 Å². The maximum Gasteiger partial charge on any atom is 0.410 e. The number of nitrogens with zero attached hydrogens (tertiary/aromatic N) is 2. The number of hydrogen-bond acceptors (Lipinski definition) is 4. The van der Waals surface area contributed by atoms with Crippen molar-refractivity contribution in [2.75, 3.05) is 31.1 Å². The van der Waals surface area contributed by atoms with Gasteiger partial charge in [0.05, 0.1) is 0 Å². The van der Waals surface area contributed by atoms with Gasteiger partial charge in [-0.05, 0) is 39.0 Å². The molecule has 1 fully saturated rings. The Bertz CT molecular complexity index is 561. The van der Waals surface area contributed by atoms with Gasteiger partial charge in [0.2, 0.25) is 0 Å². The van der Waals surface area contributed by atoms with Crippen LogP contribution < -0.4 is 4.90 Å². The monoisotopic (exact) mass is 324 g/mol. The third kappa shape index (κ3) is 4.13. The van der Waals surface area contributed by atoms with E-state index in [1.54, 1.807) is 17.0 Å². The topological polar surface area (TPSA) is 49.9 Å². The molecule has 120 valence electrons. The summed E-state index contributed by atoms with van der Waals surface area (Å²) in [7, 11) is 0. The smallest absolute Gasteiger partial charge is 0.410 e. The molecule has 1 aromatic carbocycles. The third-order valence-electron chi connectivity index (χ3n) is 3.39. The van der Waals surface area contributed by atoms with E-state index < -0.39 is 5.60 Å². The Kier molecular flexibility index (Phi) is 4.96. The molecule has 1 heterocycles. The van der Waals surface area contributed by atoms with Gasteiger partial charge in [0.25, 0.3) is 0 Å². The van der Waals surface area contributed by atoms with Crippen molar-refractivity contribution in [3.8, 4) is 0 Å². The Morgan fingerprint density at radius 3 is 2.41 bits per heavy atom. The highest BCUT2D eigenvalue weighted by Crippen LogP contribution is 2.24. The zero-order valence-corrected chi connectivity index (χ0v) is 13.9. The molecule has 1 amide bonds. The first-order valence-corrected chi connectivity index (χ1v) is 7.65. The molecule has 1 saturated heterocycles. The van der Waals surface area contributed by atoms with E-state index in [0.717, 1.165) is 12.0 Å². The summed E-state index contributed by atoms with van der Waals surface area (Å²) in [5.41, 5.74) is 0.927. The van der Waals surface area contributed by atoms with Crippen LogP contribution in [0.3, 0.4) is 0 Å². The van der Waals surface area contributed by atoms with Gasteiger partial charge in [0, 0.05) is 42.5 Å². The second-order valence-corrected chi connectivity index (χ2v) is 6.71. The lowest BCUT2D eigenvalue weighted by atomic mass is 10.1. The van der Waals surface area contributed by atoms with E-state index in [1.807, 2.05) is 26.8 Å². The van der Waals surface area contributed by atoms with Gasteiger partial charge in [-0.1, -0.05) is 11.6 Å². The number of aldehydes is 1. The lowest BCUT2D eigenvalue weighted by Crippen LogP contribution is -2.50. The number of anilines is 1. The van der Waals surface area contributed by atoms with Gasteiger partial charge in [0.1, 0.15) is 5.60 Å². The average molecular weight is 325 g/mol. The standard InChI is InChI=1S/C16H21ClN2O3/c1-16(2,3)22-15(21)19-8-6-18(7-9-19)14-5-4-13(17)10-12(14)11-20/h4-5,10-11H,6-9H2,1-3H3. The van der Waals surface area contributed by atoms with Crippen LogP contribution in [0.2, 0.25) is 5.02 Å². The molecule has 1 aliphatic rings. The molecule has 0 unspecified atom stereocenters. The number of rotatable bonds is 2. The minimum atomic E-state index is -0.491. The fourth-order valence-electron chi connectivity index (χ4n) is 2.36. The largest absolute Gasteiger partial charge is 0.444 e. The quantitative estimate of drug-likeness (QED) is 0.784. The van der Waals surface area contributed by atoms with Gasteiger partial charge in [-0.25, -0.2) is 4.79 Å². The predicted octanol–water partition coefficient (Wildman–Crippen LogP) is 3.21. The van der Waals surface area contributed by atoms with E-state index in [-0.39, 0.29) is 6.09 Å². The van der Waals surface area contributed by atoms with Gasteiger partial charge in [0.15, 0.2) is 6.29 Å². The molecule has 0 spiro atoms. The van der Waals surface area contributed by atoms with Gasteiger partial charge >= 0.3 is 6.09 Å². The zero-order valence-electron chi connectivity index (χ0n) is 13.1. The van der Waals surface area contributed by atoms with Crippen LogP contribution in [0.5, 0.6) is 0 Å². The summed E-state index contributed by atoms with van der Waals surface area (Å²) < 4.78 is 5.37. The summed E-state index contributed by atoms with van der Waals surface area (Å²) in [5.74, 6) is 0. The van der Waals surface area contributed by atoms with Crippen LogP contribution >= 0.6 is 11.6 Å². The number of carbonyl (C=O) groups excluding carboxylic acids is 2. The van der Waals surface area contributed by atoms with E-state index in [2.05, 4.69) is 4.90 Å². The SMILES string of the molecule is CC(C)(C)OC(=O)N1CCN(c2ccc(Cl)cc2C=O)CC1. The number of piperazine rings is 1. The lowest BCUT2D eigenvalue weighted by molar-refractivity contribution is 0.0240. The number of carbonyl (C=O) groups is 2. The second kappa shape index (κ2) is 6.57. The molecule has 0 saturated carbocycles. The first-order chi connectivity index (χ1) is 10.3. The average Bonchev–Trinajstić information content (AvgIpc) is 2.45. The normalized spacial score (nSPS) is 15.6. The highest BCUT2D eigenvalue weighted by molar-refractivity contribution is 6.31. The van der Waals surface area contributed by atoms with E-state index in [1.165, 1.54) is 0 Å². The van der Waals surface area contributed by atoms with Crippen molar-refractivity contribution in [1.82, 2.24) is 4.90 Å². The molecular formula is C16H21ClN2O3. The molecule has 0 radical (unpaired) electrons. The highest BCUT2D eigenvalue weighted by Gasteiger charge is 2.26. The first-order valence-electron chi connectivity index (χ1n) is 7.28. The minimum Gasteiger partial charge on any atom is -0.444 e. The Morgan fingerprint density at radius 2 is 1.86 bits per heavy atom. The molecule has 6 heteroatoms. The van der Waals surface area contributed by atoms with Crippen LogP contribution in [0.1, 0.15) is 31.1 Å². The summed E-state index contributed by atoms with van der Waals surface area (Å²) in [6.07, 6.45) is 0.514. The molecule has 0 aliphatic carbocycles. The molecule has 5 nitrogen and oxygen atoms in total. The lowest BCUT2D eigenvalue weighted by Gasteiger charge is -2.37. The Labute approximate surface area is 135 Å². The van der Waals surface area contributed by atoms with Gasteiger partial charge < -0.3 is 14.5 Å². The van der Waals surface area contributed by atoms with Crippen LogP contribution in [0, 0.1) is 0 Å². The fraction of sp³-hybridized carbons (Fsp3) is 0.500. The zero-order chi connectivity index (χ0) is 16.3. The number of hydrogen-bond donors (Lipinski definition) is 0. The summed E-state index contributed by atoms with van der Waals surface area (Å²) in [6, 6.07) is 5.27. The Balaban J connectivity index is 2.01. The number of ether oxygens (including phenoxy) is 1. The summed E-state index contributed by atoms with van der Waals surface area (Å²) >= 11 is 5.91. The van der Waals surface area contributed by atoms with Crippen LogP contribution in [-0.4, -0.2) is 49.1 Å². The van der Waals surface area contributed by atoms with Crippen molar-refractivity contribution in [3.63, 3.8) is 0 Å². The molecular weight excluding hydrogens is 304 g/mol. The van der Waals surface area contributed by atoms with Gasteiger partial charge in [-0.2, -0.15) is 0 Å². The summed E-state index contributed by atoms with van der Waals surface area (Å²) in [5, 5.41) is 0.540. The summed E-state index contributed by atoms with van der Waals surface area (Å²) in [4.78, 5) is 27.0. The van der Waals surface area contributed by atoms with E-state index in [0.29, 0.717) is 36.8 Å². The second-order valence-electron chi connectivity index (χ2n) is 6.28. The van der Waals surface area contributed by atoms with Crippen LogP contribution in [0.25, 0.3) is 0 Å². The number of amides is 1. The van der Waals surface area contributed by atoms with Crippen LogP contribution in [-0.2, 0) is 4.74 Å². The Morgan fingerprint density at radius 1 is 1.23 bits per heavy atom. The minimum absolute atomic E-state index is 0.293. The van der Waals surface area contributed by atoms with Crippen molar-refractivity contribution >= 4 is 29.7 Å². The molecule has 1 aliphatic heterocycles. The number of benzene rings is 1. The van der Waals surface area contributed by atoms with Crippen molar-refractivity contribution < 1.29 is 14.3 Å². The fourth-order valence-corrected chi connectivity index (χ4v) is 2.54. The van der Waals surface area contributed by atoms with Gasteiger partial charge in [-0.15, -0.1) is 0 Å². The maximum atomic E-state index is 12.0. The van der Waals surface area contributed by atoms with Gasteiger partial charge in [-0.3, -0.25) is 4.79 Å². The first kappa shape index (κ1) is 16.6. The third-order valence-corrected chi connectivity index (χ3v) is 3.62. The molecule has 2 rings (SSSR count). The summed E-state index contributed by atoms with van der Waals surface area (Å²) in [6.45, 7) is 8.00. The van der Waals surface area contributed by atoms with E-state index >= 15 is 0 Å². The van der Waals surface area contributed by atoms with Crippen LogP contribution in [0.15, 0.2) is 18.2 Å².